The molecule has 0 unspecified atom stereocenters. The molecule has 1 amide bonds. The van der Waals surface area contributed by atoms with E-state index in [-0.39, 0.29) is 18.5 Å². The highest BCUT2D eigenvalue weighted by molar-refractivity contribution is 5.76. The average molecular weight is 290 g/mol. The smallest absolute Gasteiger partial charge is 0.242 e. The normalized spacial score (nSPS) is 12.4. The summed E-state index contributed by atoms with van der Waals surface area (Å²) >= 11 is 0. The molecule has 2 heterocycles. The Kier molecular flexibility index (Phi) is 4.72. The molecule has 0 aliphatic carbocycles. The maximum absolute atomic E-state index is 12.1. The van der Waals surface area contributed by atoms with Gasteiger partial charge in [-0.15, -0.1) is 10.2 Å². The predicted molar refractivity (Wildman–Crippen MR) is 78.6 cm³/mol. The van der Waals surface area contributed by atoms with E-state index in [1.54, 1.807) is 11.0 Å². The van der Waals surface area contributed by atoms with Gasteiger partial charge in [-0.25, -0.2) is 0 Å². The van der Waals surface area contributed by atoms with Crippen molar-refractivity contribution in [1.29, 1.82) is 0 Å². The SMILES string of the molecule is CCCn1cnnc1[C@H](C)NC(=O)Cn1nc(C)cc1C. The Morgan fingerprint density at radius 1 is 1.43 bits per heavy atom. The maximum atomic E-state index is 12.1. The Balaban J connectivity index is 1.98. The second-order valence-corrected chi connectivity index (χ2v) is 5.26. The van der Waals surface area contributed by atoms with Gasteiger partial charge in [-0.05, 0) is 33.3 Å². The number of rotatable bonds is 6. The van der Waals surface area contributed by atoms with E-state index in [0.717, 1.165) is 30.2 Å². The average Bonchev–Trinajstić information content (AvgIpc) is 2.97. The van der Waals surface area contributed by atoms with Crippen molar-refractivity contribution in [2.24, 2.45) is 0 Å². The van der Waals surface area contributed by atoms with E-state index in [1.807, 2.05) is 31.4 Å². The Labute approximate surface area is 124 Å². The van der Waals surface area contributed by atoms with Crippen LogP contribution in [0.15, 0.2) is 12.4 Å². The number of aromatic nitrogens is 5. The first-order chi connectivity index (χ1) is 10.0. The third-order valence-corrected chi connectivity index (χ3v) is 3.27. The number of amides is 1. The van der Waals surface area contributed by atoms with Crippen molar-refractivity contribution < 1.29 is 4.79 Å². The maximum Gasteiger partial charge on any atom is 0.242 e. The van der Waals surface area contributed by atoms with Gasteiger partial charge in [0.1, 0.15) is 12.9 Å². The molecule has 0 saturated heterocycles. The number of carbonyl (C=O) groups excluding carboxylic acids is 1. The molecule has 7 nitrogen and oxygen atoms in total. The van der Waals surface area contributed by atoms with Gasteiger partial charge < -0.3 is 9.88 Å². The molecule has 2 rings (SSSR count). The van der Waals surface area contributed by atoms with Gasteiger partial charge in [-0.3, -0.25) is 9.48 Å². The minimum absolute atomic E-state index is 0.0836. The van der Waals surface area contributed by atoms with Crippen LogP contribution in [0.25, 0.3) is 0 Å². The number of carbonyl (C=O) groups is 1. The van der Waals surface area contributed by atoms with Crippen LogP contribution in [0, 0.1) is 13.8 Å². The van der Waals surface area contributed by atoms with Gasteiger partial charge >= 0.3 is 0 Å². The lowest BCUT2D eigenvalue weighted by Crippen LogP contribution is -2.32. The molecule has 0 aliphatic heterocycles. The zero-order chi connectivity index (χ0) is 15.4. The van der Waals surface area contributed by atoms with Crippen molar-refractivity contribution in [1.82, 2.24) is 29.9 Å². The number of nitrogens with zero attached hydrogens (tertiary/aromatic N) is 5. The van der Waals surface area contributed by atoms with Crippen LogP contribution >= 0.6 is 0 Å². The second kappa shape index (κ2) is 6.51. The summed E-state index contributed by atoms with van der Waals surface area (Å²) in [6.45, 7) is 8.92. The van der Waals surface area contributed by atoms with Crippen molar-refractivity contribution in [2.75, 3.05) is 0 Å². The Morgan fingerprint density at radius 2 is 2.19 bits per heavy atom. The Hall–Kier alpha value is -2.18. The van der Waals surface area contributed by atoms with Crippen LogP contribution in [0.4, 0.5) is 0 Å². The zero-order valence-corrected chi connectivity index (χ0v) is 13.0. The van der Waals surface area contributed by atoms with Gasteiger partial charge in [-0.1, -0.05) is 6.92 Å². The summed E-state index contributed by atoms with van der Waals surface area (Å²) in [6, 6.07) is 1.78. The highest BCUT2D eigenvalue weighted by Crippen LogP contribution is 2.09. The molecule has 0 fully saturated rings. The van der Waals surface area contributed by atoms with E-state index in [2.05, 4.69) is 27.5 Å². The van der Waals surface area contributed by atoms with E-state index in [0.29, 0.717) is 0 Å². The standard InChI is InChI=1S/C14H22N6O/c1-5-6-19-9-15-17-14(19)12(4)16-13(21)8-20-11(3)7-10(2)18-20/h7,9,12H,5-6,8H2,1-4H3,(H,16,21)/t12-/m0/s1. The van der Waals surface area contributed by atoms with Crippen LogP contribution in [0.2, 0.25) is 0 Å². The van der Waals surface area contributed by atoms with Crippen LogP contribution in [0.3, 0.4) is 0 Å². The summed E-state index contributed by atoms with van der Waals surface area (Å²) in [5.41, 5.74) is 1.89. The summed E-state index contributed by atoms with van der Waals surface area (Å²) in [5, 5.41) is 15.2. The minimum atomic E-state index is -0.177. The van der Waals surface area contributed by atoms with Crippen molar-refractivity contribution in [3.05, 3.63) is 29.6 Å². The lowest BCUT2D eigenvalue weighted by Gasteiger charge is -2.14. The van der Waals surface area contributed by atoms with E-state index < -0.39 is 0 Å². The number of hydrogen-bond acceptors (Lipinski definition) is 4. The lowest BCUT2D eigenvalue weighted by molar-refractivity contribution is -0.122. The van der Waals surface area contributed by atoms with E-state index in [1.165, 1.54) is 0 Å². The summed E-state index contributed by atoms with van der Waals surface area (Å²) in [5.74, 6) is 0.693. The monoisotopic (exact) mass is 290 g/mol. The molecule has 114 valence electrons. The van der Waals surface area contributed by atoms with Gasteiger partial charge in [0, 0.05) is 12.2 Å². The Morgan fingerprint density at radius 3 is 2.81 bits per heavy atom. The number of aryl methyl sites for hydroxylation is 3. The topological polar surface area (TPSA) is 77.6 Å². The van der Waals surface area contributed by atoms with Crippen molar-refractivity contribution >= 4 is 5.91 Å². The van der Waals surface area contributed by atoms with Crippen LogP contribution in [0.1, 0.15) is 43.5 Å². The third kappa shape index (κ3) is 3.68. The first-order valence-electron chi connectivity index (χ1n) is 7.19. The fourth-order valence-electron chi connectivity index (χ4n) is 2.34. The highest BCUT2D eigenvalue weighted by atomic mass is 16.2. The molecule has 0 radical (unpaired) electrons. The predicted octanol–water partition coefficient (Wildman–Crippen LogP) is 1.38. The first-order valence-corrected chi connectivity index (χ1v) is 7.19. The summed E-state index contributed by atoms with van der Waals surface area (Å²) < 4.78 is 3.67. The molecule has 0 spiro atoms. The quantitative estimate of drug-likeness (QED) is 0.872. The van der Waals surface area contributed by atoms with Crippen LogP contribution < -0.4 is 5.32 Å². The molecule has 0 aromatic carbocycles. The molecule has 7 heteroatoms. The fourth-order valence-corrected chi connectivity index (χ4v) is 2.34. The molecular weight excluding hydrogens is 268 g/mol. The molecule has 1 atom stereocenters. The highest BCUT2D eigenvalue weighted by Gasteiger charge is 2.16. The molecule has 21 heavy (non-hydrogen) atoms. The van der Waals surface area contributed by atoms with Crippen molar-refractivity contribution in [3.8, 4) is 0 Å². The van der Waals surface area contributed by atoms with E-state index >= 15 is 0 Å². The second-order valence-electron chi connectivity index (χ2n) is 5.26. The molecule has 2 aromatic rings. The molecule has 1 N–H and O–H groups in total. The number of hydrogen-bond donors (Lipinski definition) is 1. The molecular formula is C14H22N6O. The van der Waals surface area contributed by atoms with Crippen LogP contribution in [0.5, 0.6) is 0 Å². The molecule has 0 bridgehead atoms. The first kappa shape index (κ1) is 15.2. The van der Waals surface area contributed by atoms with Gasteiger partial charge in [0.25, 0.3) is 0 Å². The van der Waals surface area contributed by atoms with Crippen LogP contribution in [-0.2, 0) is 17.9 Å². The fraction of sp³-hybridized carbons (Fsp3) is 0.571. The van der Waals surface area contributed by atoms with Crippen molar-refractivity contribution in [2.45, 2.75) is 53.2 Å². The zero-order valence-electron chi connectivity index (χ0n) is 13.0. The molecule has 0 saturated carbocycles. The summed E-state index contributed by atoms with van der Waals surface area (Å²) in [7, 11) is 0. The van der Waals surface area contributed by atoms with E-state index in [9.17, 15) is 4.79 Å². The van der Waals surface area contributed by atoms with Gasteiger partial charge in [0.05, 0.1) is 11.7 Å². The largest absolute Gasteiger partial charge is 0.345 e. The third-order valence-electron chi connectivity index (χ3n) is 3.27. The van der Waals surface area contributed by atoms with Crippen molar-refractivity contribution in [3.63, 3.8) is 0 Å². The lowest BCUT2D eigenvalue weighted by atomic mass is 10.3. The van der Waals surface area contributed by atoms with Gasteiger partial charge in [-0.2, -0.15) is 5.10 Å². The Bertz CT molecular complexity index is 615. The minimum Gasteiger partial charge on any atom is -0.345 e. The van der Waals surface area contributed by atoms with Crippen LogP contribution in [-0.4, -0.2) is 30.5 Å². The summed E-state index contributed by atoms with van der Waals surface area (Å²) in [6.07, 6.45) is 2.69. The van der Waals surface area contributed by atoms with E-state index in [4.69, 9.17) is 0 Å². The number of nitrogens with one attached hydrogen (secondary N) is 1. The van der Waals surface area contributed by atoms with Gasteiger partial charge in [0.2, 0.25) is 5.91 Å². The summed E-state index contributed by atoms with van der Waals surface area (Å²) in [4.78, 5) is 12.1. The van der Waals surface area contributed by atoms with Gasteiger partial charge in [0.15, 0.2) is 5.82 Å². The molecule has 2 aromatic heterocycles. The molecule has 0 aliphatic rings.